The van der Waals surface area contributed by atoms with Gasteiger partial charge in [0.2, 0.25) is 0 Å². The molecule has 0 aromatic carbocycles. The van der Waals surface area contributed by atoms with Gasteiger partial charge in [0.15, 0.2) is 6.29 Å². The van der Waals surface area contributed by atoms with E-state index in [1.165, 1.54) is 6.20 Å². The first kappa shape index (κ1) is 9.58. The highest BCUT2D eigenvalue weighted by molar-refractivity contribution is 5.75. The lowest BCUT2D eigenvalue weighted by Crippen LogP contribution is -2.00. The quantitative estimate of drug-likeness (QED) is 0.695. The molecule has 0 fully saturated rings. The van der Waals surface area contributed by atoms with Crippen molar-refractivity contribution >= 4 is 6.29 Å². The lowest BCUT2D eigenvalue weighted by atomic mass is 10.3. The van der Waals surface area contributed by atoms with E-state index in [2.05, 4.69) is 10.1 Å². The van der Waals surface area contributed by atoms with Gasteiger partial charge in [-0.25, -0.2) is 4.68 Å². The van der Waals surface area contributed by atoms with Gasteiger partial charge in [-0.3, -0.25) is 9.78 Å². The van der Waals surface area contributed by atoms with Crippen molar-refractivity contribution < 1.29 is 4.79 Å². The van der Waals surface area contributed by atoms with Crippen LogP contribution >= 0.6 is 0 Å². The summed E-state index contributed by atoms with van der Waals surface area (Å²) in [5.74, 6) is 0. The molecule has 2 rings (SSSR count). The van der Waals surface area contributed by atoms with E-state index in [-0.39, 0.29) is 0 Å². The van der Waals surface area contributed by atoms with Gasteiger partial charge in [0.25, 0.3) is 0 Å². The number of pyridine rings is 1. The van der Waals surface area contributed by atoms with Crippen LogP contribution < -0.4 is 0 Å². The number of aromatic nitrogens is 3. The molecule has 0 aliphatic carbocycles. The van der Waals surface area contributed by atoms with Crippen molar-refractivity contribution in [1.82, 2.24) is 14.8 Å². The Morgan fingerprint density at radius 2 is 2.07 bits per heavy atom. The summed E-state index contributed by atoms with van der Waals surface area (Å²) in [6, 6.07) is 3.74. The van der Waals surface area contributed by atoms with E-state index < -0.39 is 0 Å². The van der Waals surface area contributed by atoms with Crippen molar-refractivity contribution in [2.24, 2.45) is 0 Å². The summed E-state index contributed by atoms with van der Waals surface area (Å²) < 4.78 is 1.77. The zero-order valence-electron chi connectivity index (χ0n) is 8.64. The molecular weight excluding hydrogens is 190 g/mol. The van der Waals surface area contributed by atoms with Crippen LogP contribution in [-0.2, 0) is 0 Å². The van der Waals surface area contributed by atoms with Crippen LogP contribution in [0.15, 0.2) is 24.5 Å². The highest BCUT2D eigenvalue weighted by Gasteiger charge is 2.04. The summed E-state index contributed by atoms with van der Waals surface area (Å²) in [7, 11) is 0. The van der Waals surface area contributed by atoms with E-state index in [1.54, 1.807) is 16.9 Å². The predicted octanol–water partition coefficient (Wildman–Crippen LogP) is 1.70. The summed E-state index contributed by atoms with van der Waals surface area (Å²) in [5.41, 5.74) is 3.34. The highest BCUT2D eigenvalue weighted by Crippen LogP contribution is 2.11. The van der Waals surface area contributed by atoms with Crippen molar-refractivity contribution in [1.29, 1.82) is 0 Å². The molecule has 0 unspecified atom stereocenters. The number of nitrogens with zero attached hydrogens (tertiary/aromatic N) is 3. The van der Waals surface area contributed by atoms with E-state index >= 15 is 0 Å². The van der Waals surface area contributed by atoms with Crippen LogP contribution in [0.3, 0.4) is 0 Å². The average molecular weight is 201 g/mol. The summed E-state index contributed by atoms with van der Waals surface area (Å²) in [6.45, 7) is 3.90. The fourth-order valence-corrected chi connectivity index (χ4v) is 1.52. The number of carbonyl (C=O) groups is 1. The molecule has 0 aliphatic rings. The van der Waals surface area contributed by atoms with Crippen LogP contribution in [0.25, 0.3) is 5.69 Å². The smallest absolute Gasteiger partial charge is 0.151 e. The number of rotatable bonds is 2. The van der Waals surface area contributed by atoms with Crippen molar-refractivity contribution in [3.63, 3.8) is 0 Å². The Balaban J connectivity index is 2.53. The molecule has 76 valence electrons. The lowest BCUT2D eigenvalue weighted by Gasteiger charge is -2.03. The van der Waals surface area contributed by atoms with Crippen molar-refractivity contribution in [2.45, 2.75) is 13.8 Å². The number of aldehydes is 1. The molecule has 0 radical (unpaired) electrons. The molecular formula is C11H11N3O. The van der Waals surface area contributed by atoms with E-state index in [4.69, 9.17) is 0 Å². The third-order valence-corrected chi connectivity index (χ3v) is 2.14. The van der Waals surface area contributed by atoms with Crippen molar-refractivity contribution in [2.75, 3.05) is 0 Å². The van der Waals surface area contributed by atoms with Crippen LogP contribution in [0.1, 0.15) is 21.7 Å². The lowest BCUT2D eigenvalue weighted by molar-refractivity contribution is 0.112. The normalized spacial score (nSPS) is 10.3. The number of carbonyl (C=O) groups excluding carboxylic acids is 1. The minimum atomic E-state index is 0.556. The van der Waals surface area contributed by atoms with Gasteiger partial charge in [-0.1, -0.05) is 0 Å². The second-order valence-corrected chi connectivity index (χ2v) is 3.43. The van der Waals surface area contributed by atoms with E-state index in [0.29, 0.717) is 5.56 Å². The molecule has 0 spiro atoms. The molecule has 15 heavy (non-hydrogen) atoms. The van der Waals surface area contributed by atoms with Gasteiger partial charge in [0.1, 0.15) is 0 Å². The summed E-state index contributed by atoms with van der Waals surface area (Å²) in [5, 5.41) is 4.32. The van der Waals surface area contributed by atoms with Gasteiger partial charge in [-0.05, 0) is 26.0 Å². The minimum absolute atomic E-state index is 0.556. The summed E-state index contributed by atoms with van der Waals surface area (Å²) >= 11 is 0. The van der Waals surface area contributed by atoms with Gasteiger partial charge < -0.3 is 0 Å². The average Bonchev–Trinajstić information content (AvgIpc) is 2.58. The topological polar surface area (TPSA) is 47.8 Å². The van der Waals surface area contributed by atoms with Gasteiger partial charge in [-0.2, -0.15) is 5.10 Å². The number of hydrogen-bond acceptors (Lipinski definition) is 3. The molecule has 0 saturated heterocycles. The first-order valence-electron chi connectivity index (χ1n) is 4.64. The Morgan fingerprint density at radius 3 is 2.67 bits per heavy atom. The second-order valence-electron chi connectivity index (χ2n) is 3.43. The Morgan fingerprint density at radius 1 is 1.27 bits per heavy atom. The standard InChI is InChI=1S/C11H11N3O/c1-8-3-9(2)14(13-8)11-4-10(7-15)5-12-6-11/h3-7H,1-2H3. The Bertz CT molecular complexity index is 502. The first-order chi connectivity index (χ1) is 7.20. The molecule has 2 aromatic heterocycles. The maximum absolute atomic E-state index is 10.6. The fourth-order valence-electron chi connectivity index (χ4n) is 1.52. The Labute approximate surface area is 87.6 Å². The van der Waals surface area contributed by atoms with Crippen LogP contribution in [-0.4, -0.2) is 21.1 Å². The van der Waals surface area contributed by atoms with Gasteiger partial charge in [-0.15, -0.1) is 0 Å². The van der Waals surface area contributed by atoms with Crippen LogP contribution in [0, 0.1) is 13.8 Å². The monoisotopic (exact) mass is 201 g/mol. The van der Waals surface area contributed by atoms with E-state index in [0.717, 1.165) is 23.4 Å². The molecule has 4 nitrogen and oxygen atoms in total. The second kappa shape index (κ2) is 3.65. The predicted molar refractivity (Wildman–Crippen MR) is 56.2 cm³/mol. The molecule has 4 heteroatoms. The molecule has 0 bridgehead atoms. The molecule has 2 heterocycles. The summed E-state index contributed by atoms with van der Waals surface area (Å²) in [6.07, 6.45) is 4.00. The molecule has 0 aliphatic heterocycles. The minimum Gasteiger partial charge on any atom is -0.298 e. The molecule has 0 amide bonds. The Kier molecular flexibility index (Phi) is 2.33. The molecule has 0 atom stereocenters. The van der Waals surface area contributed by atoms with Crippen molar-refractivity contribution in [3.8, 4) is 5.69 Å². The molecule has 0 N–H and O–H groups in total. The number of aryl methyl sites for hydroxylation is 2. The van der Waals surface area contributed by atoms with E-state index in [1.807, 2.05) is 19.9 Å². The highest BCUT2D eigenvalue weighted by atomic mass is 16.1. The molecule has 0 saturated carbocycles. The maximum Gasteiger partial charge on any atom is 0.151 e. The zero-order valence-corrected chi connectivity index (χ0v) is 8.64. The van der Waals surface area contributed by atoms with Crippen LogP contribution in [0.2, 0.25) is 0 Å². The Hall–Kier alpha value is -1.97. The van der Waals surface area contributed by atoms with Gasteiger partial charge >= 0.3 is 0 Å². The van der Waals surface area contributed by atoms with Gasteiger partial charge in [0, 0.05) is 17.5 Å². The summed E-state index contributed by atoms with van der Waals surface area (Å²) in [4.78, 5) is 14.6. The fraction of sp³-hybridized carbons (Fsp3) is 0.182. The number of hydrogen-bond donors (Lipinski definition) is 0. The largest absolute Gasteiger partial charge is 0.298 e. The SMILES string of the molecule is Cc1cc(C)n(-c2cncc(C=O)c2)n1. The van der Waals surface area contributed by atoms with E-state index in [9.17, 15) is 4.79 Å². The third-order valence-electron chi connectivity index (χ3n) is 2.14. The van der Waals surface area contributed by atoms with Crippen LogP contribution in [0.5, 0.6) is 0 Å². The van der Waals surface area contributed by atoms with Crippen molar-refractivity contribution in [3.05, 3.63) is 41.5 Å². The maximum atomic E-state index is 10.6. The molecule has 2 aromatic rings. The van der Waals surface area contributed by atoms with Crippen LogP contribution in [0.4, 0.5) is 0 Å². The van der Waals surface area contributed by atoms with Gasteiger partial charge in [0.05, 0.1) is 17.6 Å². The first-order valence-corrected chi connectivity index (χ1v) is 4.64. The zero-order chi connectivity index (χ0) is 10.8. The third kappa shape index (κ3) is 1.79.